The molecule has 0 saturated carbocycles. The average Bonchev–Trinajstić information content (AvgIpc) is 3.25. The zero-order valence-electron chi connectivity index (χ0n) is 13.2. The van der Waals surface area contributed by atoms with Crippen LogP contribution in [0.3, 0.4) is 0 Å². The lowest BCUT2D eigenvalue weighted by Crippen LogP contribution is -2.11. The second-order valence-electron chi connectivity index (χ2n) is 6.22. The molecule has 0 amide bonds. The predicted molar refractivity (Wildman–Crippen MR) is 90.1 cm³/mol. The Kier molecular flexibility index (Phi) is 3.64. The molecule has 1 saturated heterocycles. The second-order valence-corrected chi connectivity index (χ2v) is 8.45. The molecule has 0 spiro atoms. The highest BCUT2D eigenvalue weighted by atomic mass is 32.2. The van der Waals surface area contributed by atoms with Crippen molar-refractivity contribution in [1.82, 2.24) is 9.78 Å². The number of nitrogens with zero attached hydrogens (tertiary/aromatic N) is 3. The Bertz CT molecular complexity index is 953. The van der Waals surface area contributed by atoms with E-state index in [1.165, 1.54) is 12.3 Å². The molecule has 1 atom stereocenters. The summed E-state index contributed by atoms with van der Waals surface area (Å²) in [5, 5.41) is 18.5. The third-order valence-corrected chi connectivity index (χ3v) is 6.22. The van der Waals surface area contributed by atoms with E-state index in [-0.39, 0.29) is 23.2 Å². The Morgan fingerprint density at radius 1 is 1.40 bits per heavy atom. The highest BCUT2D eigenvalue weighted by molar-refractivity contribution is 7.91. The van der Waals surface area contributed by atoms with Crippen LogP contribution in [0.25, 0.3) is 0 Å². The second kappa shape index (κ2) is 5.73. The lowest BCUT2D eigenvalue weighted by Gasteiger charge is -2.09. The van der Waals surface area contributed by atoms with E-state index < -0.39 is 14.8 Å². The summed E-state index contributed by atoms with van der Waals surface area (Å²) in [6.45, 7) is 0.518. The molecular formula is C15H16N4O5S. The first-order valence-electron chi connectivity index (χ1n) is 7.87. The van der Waals surface area contributed by atoms with Crippen molar-refractivity contribution < 1.29 is 18.1 Å². The zero-order valence-corrected chi connectivity index (χ0v) is 14.0. The first-order chi connectivity index (χ1) is 11.9. The molecule has 4 rings (SSSR count). The van der Waals surface area contributed by atoms with Crippen LogP contribution < -0.4 is 10.1 Å². The minimum absolute atomic E-state index is 0.0274. The number of hydrogen-bond donors (Lipinski definition) is 1. The van der Waals surface area contributed by atoms with Crippen LogP contribution in [0.4, 0.5) is 17.1 Å². The summed E-state index contributed by atoms with van der Waals surface area (Å²) in [6, 6.07) is 2.95. The van der Waals surface area contributed by atoms with Crippen LogP contribution in [0.15, 0.2) is 24.5 Å². The van der Waals surface area contributed by atoms with Gasteiger partial charge in [0.2, 0.25) is 0 Å². The largest absolute Gasteiger partial charge is 0.493 e. The van der Waals surface area contributed by atoms with Crippen molar-refractivity contribution >= 4 is 26.9 Å². The van der Waals surface area contributed by atoms with Gasteiger partial charge in [-0.05, 0) is 6.42 Å². The van der Waals surface area contributed by atoms with Crippen LogP contribution in [-0.2, 0) is 16.3 Å². The molecule has 2 aliphatic heterocycles. The van der Waals surface area contributed by atoms with E-state index in [0.29, 0.717) is 36.6 Å². The minimum atomic E-state index is -3.01. The fourth-order valence-electron chi connectivity index (χ4n) is 3.21. The highest BCUT2D eigenvalue weighted by Gasteiger charge is 2.30. The number of nitro groups is 1. The molecule has 9 nitrogen and oxygen atoms in total. The maximum Gasteiger partial charge on any atom is 0.293 e. The molecule has 1 fully saturated rings. The zero-order chi connectivity index (χ0) is 17.6. The van der Waals surface area contributed by atoms with Gasteiger partial charge in [-0.3, -0.25) is 14.8 Å². The molecule has 25 heavy (non-hydrogen) atoms. The van der Waals surface area contributed by atoms with Crippen LogP contribution in [0.1, 0.15) is 18.0 Å². The summed E-state index contributed by atoms with van der Waals surface area (Å²) in [5.41, 5.74) is 1.68. The summed E-state index contributed by atoms with van der Waals surface area (Å²) >= 11 is 0. The normalized spacial score (nSPS) is 20.9. The minimum Gasteiger partial charge on any atom is -0.493 e. The molecule has 10 heteroatoms. The third kappa shape index (κ3) is 3.04. The predicted octanol–water partition coefficient (Wildman–Crippen LogP) is 1.83. The van der Waals surface area contributed by atoms with Crippen LogP contribution in [0.2, 0.25) is 0 Å². The first kappa shape index (κ1) is 15.9. The number of hydrogen-bond acceptors (Lipinski definition) is 7. The van der Waals surface area contributed by atoms with E-state index in [4.69, 9.17) is 4.74 Å². The molecule has 2 aromatic rings. The van der Waals surface area contributed by atoms with E-state index in [2.05, 4.69) is 10.4 Å². The van der Waals surface area contributed by atoms with Crippen molar-refractivity contribution in [3.63, 3.8) is 0 Å². The van der Waals surface area contributed by atoms with Crippen molar-refractivity contribution in [2.45, 2.75) is 18.9 Å². The van der Waals surface area contributed by atoms with E-state index in [1.54, 1.807) is 16.9 Å². The number of nitrogens with one attached hydrogen (secondary N) is 1. The summed E-state index contributed by atoms with van der Waals surface area (Å²) in [6.07, 6.45) is 4.38. The number of anilines is 2. The van der Waals surface area contributed by atoms with Gasteiger partial charge in [0.15, 0.2) is 9.84 Å². The van der Waals surface area contributed by atoms with E-state index >= 15 is 0 Å². The first-order valence-corrected chi connectivity index (χ1v) is 9.69. The maximum atomic E-state index is 11.6. The molecule has 0 aliphatic carbocycles. The fraction of sp³-hybridized carbons (Fsp3) is 0.400. The van der Waals surface area contributed by atoms with Crippen molar-refractivity contribution in [2.75, 3.05) is 23.4 Å². The number of fused-ring (bicyclic) bond motifs is 1. The summed E-state index contributed by atoms with van der Waals surface area (Å²) in [4.78, 5) is 10.9. The molecule has 1 aromatic heterocycles. The molecule has 0 radical (unpaired) electrons. The number of benzene rings is 1. The Hall–Kier alpha value is -2.62. The Morgan fingerprint density at radius 3 is 2.96 bits per heavy atom. The van der Waals surface area contributed by atoms with E-state index in [1.807, 2.05) is 0 Å². The molecule has 2 aliphatic rings. The van der Waals surface area contributed by atoms with Gasteiger partial charge in [-0.2, -0.15) is 5.10 Å². The van der Waals surface area contributed by atoms with E-state index in [9.17, 15) is 18.5 Å². The van der Waals surface area contributed by atoms with Crippen LogP contribution >= 0.6 is 0 Å². The average molecular weight is 364 g/mol. The number of aromatic nitrogens is 2. The van der Waals surface area contributed by atoms with Gasteiger partial charge >= 0.3 is 0 Å². The van der Waals surface area contributed by atoms with Gasteiger partial charge in [0.25, 0.3) is 5.69 Å². The SMILES string of the molecule is O=[N+]([O-])c1cc2c(cc1Nc1cnn(C3CCS(=O)(=O)C3)c1)OCC2. The smallest absolute Gasteiger partial charge is 0.293 e. The van der Waals surface area contributed by atoms with Gasteiger partial charge in [0, 0.05) is 30.3 Å². The number of rotatable bonds is 4. The number of sulfone groups is 1. The fourth-order valence-corrected chi connectivity index (χ4v) is 4.91. The van der Waals surface area contributed by atoms with Gasteiger partial charge in [-0.25, -0.2) is 8.42 Å². The lowest BCUT2D eigenvalue weighted by atomic mass is 10.1. The molecule has 1 N–H and O–H groups in total. The van der Waals surface area contributed by atoms with Crippen LogP contribution in [0.5, 0.6) is 5.75 Å². The molecule has 1 aromatic carbocycles. The Morgan fingerprint density at radius 2 is 2.24 bits per heavy atom. The highest BCUT2D eigenvalue weighted by Crippen LogP contribution is 2.37. The van der Waals surface area contributed by atoms with Crippen molar-refractivity contribution in [1.29, 1.82) is 0 Å². The van der Waals surface area contributed by atoms with Crippen molar-refractivity contribution in [3.05, 3.63) is 40.2 Å². The molecule has 132 valence electrons. The van der Waals surface area contributed by atoms with Gasteiger partial charge < -0.3 is 10.1 Å². The summed E-state index contributed by atoms with van der Waals surface area (Å²) in [7, 11) is -3.01. The van der Waals surface area contributed by atoms with Gasteiger partial charge in [0.1, 0.15) is 11.4 Å². The van der Waals surface area contributed by atoms with Gasteiger partial charge in [-0.1, -0.05) is 0 Å². The standard InChI is InChI=1S/C15H16N4O5S/c20-19(21)14-5-10-1-3-24-15(10)6-13(14)17-11-7-16-18(8-11)12-2-4-25(22,23)9-12/h5-8,12,17H,1-4,9H2. The van der Waals surface area contributed by atoms with Crippen molar-refractivity contribution in [2.24, 2.45) is 0 Å². The molecule has 0 bridgehead atoms. The van der Waals surface area contributed by atoms with Crippen molar-refractivity contribution in [3.8, 4) is 5.75 Å². The third-order valence-electron chi connectivity index (χ3n) is 4.47. The van der Waals surface area contributed by atoms with Crippen LogP contribution in [0, 0.1) is 10.1 Å². The van der Waals surface area contributed by atoms with Gasteiger partial charge in [-0.15, -0.1) is 0 Å². The Balaban J connectivity index is 1.60. The molecule has 1 unspecified atom stereocenters. The molecule has 3 heterocycles. The summed E-state index contributed by atoms with van der Waals surface area (Å²) < 4.78 is 30.3. The Labute approximate surface area is 143 Å². The summed E-state index contributed by atoms with van der Waals surface area (Å²) in [5.74, 6) is 0.872. The number of nitro benzene ring substituents is 1. The maximum absolute atomic E-state index is 11.6. The lowest BCUT2D eigenvalue weighted by molar-refractivity contribution is -0.384. The molecular weight excluding hydrogens is 348 g/mol. The van der Waals surface area contributed by atoms with Gasteiger partial charge in [0.05, 0.1) is 41.0 Å². The van der Waals surface area contributed by atoms with Crippen LogP contribution in [-0.4, -0.2) is 41.2 Å². The quantitative estimate of drug-likeness (QED) is 0.650. The monoisotopic (exact) mass is 364 g/mol. The van der Waals surface area contributed by atoms with E-state index in [0.717, 1.165) is 5.56 Å². The topological polar surface area (TPSA) is 116 Å². The number of ether oxygens (including phenoxy) is 1.